The van der Waals surface area contributed by atoms with Crippen molar-refractivity contribution in [2.45, 2.75) is 78.1 Å². The first-order valence-electron chi connectivity index (χ1n) is 21.2. The molecule has 4 aromatic rings. The summed E-state index contributed by atoms with van der Waals surface area (Å²) in [6.07, 6.45) is 11.7. The number of ether oxygens (including phenoxy) is 1. The largest absolute Gasteiger partial charge is 0.450 e. The minimum atomic E-state index is -4.09. The summed E-state index contributed by atoms with van der Waals surface area (Å²) in [4.78, 5) is 19.5. The van der Waals surface area contributed by atoms with Gasteiger partial charge in [0.25, 0.3) is 10.1 Å². The van der Waals surface area contributed by atoms with E-state index >= 15 is 0 Å². The van der Waals surface area contributed by atoms with E-state index in [0.717, 1.165) is 30.5 Å². The molecule has 8 nitrogen and oxygen atoms in total. The van der Waals surface area contributed by atoms with Crippen LogP contribution in [-0.2, 0) is 25.7 Å². The van der Waals surface area contributed by atoms with Crippen molar-refractivity contribution < 1.29 is 22.5 Å². The van der Waals surface area contributed by atoms with E-state index in [1.807, 2.05) is 11.8 Å². The Bertz CT molecular complexity index is 2600. The van der Waals surface area contributed by atoms with Crippen molar-refractivity contribution in [3.63, 3.8) is 0 Å². The molecule has 1 N–H and O–H groups in total. The number of likely N-dealkylation sites (N-methyl/N-ethyl adjacent to an activating group) is 1. The first-order chi connectivity index (χ1) is 28.2. The van der Waals surface area contributed by atoms with Gasteiger partial charge in [0.2, 0.25) is 0 Å². The molecule has 0 spiro atoms. The Hall–Kier alpha value is -5.12. The van der Waals surface area contributed by atoms with Crippen LogP contribution in [0.15, 0.2) is 125 Å². The van der Waals surface area contributed by atoms with Gasteiger partial charge in [0, 0.05) is 60.6 Å². The van der Waals surface area contributed by atoms with Crippen LogP contribution in [0.25, 0.3) is 27.1 Å². The fourth-order valence-corrected chi connectivity index (χ4v) is 10.9. The smallest absolute Gasteiger partial charge is 0.409 e. The molecule has 0 bridgehead atoms. The van der Waals surface area contributed by atoms with Crippen molar-refractivity contribution in [2.24, 2.45) is 0 Å². The Morgan fingerprint density at radius 3 is 2.12 bits per heavy atom. The number of hydrogen-bond acceptors (Lipinski definition) is 6. The molecule has 4 aromatic carbocycles. The second kappa shape index (κ2) is 15.8. The van der Waals surface area contributed by atoms with Crippen molar-refractivity contribution >= 4 is 49.0 Å². The number of anilines is 1. The molecule has 1 fully saturated rings. The third kappa shape index (κ3) is 7.41. The van der Waals surface area contributed by atoms with Gasteiger partial charge >= 0.3 is 6.09 Å². The molecule has 59 heavy (non-hydrogen) atoms. The first-order valence-corrected chi connectivity index (χ1v) is 22.9. The molecule has 8 rings (SSSR count). The summed E-state index contributed by atoms with van der Waals surface area (Å²) in [5.74, 6) is -0.277. The lowest BCUT2D eigenvalue weighted by Gasteiger charge is -2.37. The quantitative estimate of drug-likeness (QED) is 0.160. The van der Waals surface area contributed by atoms with Gasteiger partial charge in [-0.3, -0.25) is 4.55 Å². The van der Waals surface area contributed by atoms with Crippen LogP contribution in [0.5, 0.6) is 0 Å². The number of hydrogen-bond donors (Lipinski definition) is 1. The third-order valence-corrected chi connectivity index (χ3v) is 13.9. The van der Waals surface area contributed by atoms with Gasteiger partial charge in [0.05, 0.1) is 12.4 Å². The minimum Gasteiger partial charge on any atom is -0.450 e. The van der Waals surface area contributed by atoms with Gasteiger partial charge in [0.1, 0.15) is 0 Å². The molecular formula is C50H57N3O5S. The zero-order chi connectivity index (χ0) is 41.7. The summed E-state index contributed by atoms with van der Waals surface area (Å²) in [7, 11) is -4.09. The molecule has 0 aromatic heterocycles. The van der Waals surface area contributed by atoms with E-state index in [-0.39, 0.29) is 22.7 Å². The van der Waals surface area contributed by atoms with E-state index in [1.54, 1.807) is 0 Å². The lowest BCUT2D eigenvalue weighted by Crippen LogP contribution is -2.48. The van der Waals surface area contributed by atoms with Gasteiger partial charge in [-0.2, -0.15) is 8.42 Å². The topological polar surface area (TPSA) is 90.4 Å². The van der Waals surface area contributed by atoms with Gasteiger partial charge in [-0.05, 0) is 112 Å². The fourth-order valence-electron chi connectivity index (χ4n) is 10.4. The fraction of sp³-hybridized carbons (Fsp3) is 0.380. The molecule has 9 heteroatoms. The second-order valence-electron chi connectivity index (χ2n) is 17.3. The molecule has 0 atom stereocenters. The molecule has 0 saturated carbocycles. The average Bonchev–Trinajstić information content (AvgIpc) is 3.79. The number of benzene rings is 4. The second-order valence-corrected chi connectivity index (χ2v) is 18.9. The van der Waals surface area contributed by atoms with Crippen molar-refractivity contribution in [1.29, 1.82) is 0 Å². The Labute approximate surface area is 350 Å². The monoisotopic (exact) mass is 811 g/mol. The Balaban J connectivity index is 1.21. The first kappa shape index (κ1) is 40.7. The van der Waals surface area contributed by atoms with Crippen LogP contribution in [-0.4, -0.2) is 73.9 Å². The summed E-state index contributed by atoms with van der Waals surface area (Å²) in [5.41, 5.74) is 11.9. The maximum atomic E-state index is 12.7. The molecule has 1 amide bonds. The summed E-state index contributed by atoms with van der Waals surface area (Å²) < 4.78 is 38.7. The van der Waals surface area contributed by atoms with Crippen molar-refractivity contribution in [3.8, 4) is 0 Å². The third-order valence-electron chi connectivity index (χ3n) is 13.1. The Morgan fingerprint density at radius 1 is 0.797 bits per heavy atom. The lowest BCUT2D eigenvalue weighted by molar-refractivity contribution is 0.0873. The highest BCUT2D eigenvalue weighted by Gasteiger charge is 2.41. The van der Waals surface area contributed by atoms with Crippen molar-refractivity contribution in [1.82, 2.24) is 9.80 Å². The molecule has 2 heterocycles. The standard InChI is InChI=1S/C50H57N3O5S/c1-7-53-43-27-23-35-15-10-12-17-39(35)46(43)50(5,6)44(53)28-24-37-20-19-36(47(37)51-29-31-52(32-30-51)48(54)58-8-2)22-26-42-40(18-13-33-59(55,56)57)41-25-21-34-14-9-11-16-38(34)45(41)49(42,3)4/h9-12,14-17,21-28H,7-8,13,18-20,29-33H2,1-6H3,(H,55,56,57)/b26-22+,37-24?,44-28-. The van der Waals surface area contributed by atoms with Crippen LogP contribution in [0.1, 0.15) is 83.9 Å². The molecule has 0 unspecified atom stereocenters. The van der Waals surface area contributed by atoms with Gasteiger partial charge in [-0.1, -0.05) is 113 Å². The zero-order valence-electron chi connectivity index (χ0n) is 35.3. The van der Waals surface area contributed by atoms with Gasteiger partial charge < -0.3 is 19.4 Å². The summed E-state index contributed by atoms with van der Waals surface area (Å²) >= 11 is 0. The minimum absolute atomic E-state index is 0.203. The number of amides is 1. The van der Waals surface area contributed by atoms with Crippen LogP contribution in [0.3, 0.4) is 0 Å². The maximum Gasteiger partial charge on any atom is 0.409 e. The van der Waals surface area contributed by atoms with Crippen LogP contribution < -0.4 is 4.90 Å². The van der Waals surface area contributed by atoms with Crippen molar-refractivity contribution in [3.05, 3.63) is 142 Å². The average molecular weight is 812 g/mol. The Morgan fingerprint density at radius 2 is 1.46 bits per heavy atom. The van der Waals surface area contributed by atoms with Crippen molar-refractivity contribution in [2.75, 3.05) is 50.0 Å². The zero-order valence-corrected chi connectivity index (χ0v) is 36.2. The van der Waals surface area contributed by atoms with E-state index < -0.39 is 10.1 Å². The number of piperazine rings is 1. The van der Waals surface area contributed by atoms with E-state index in [1.165, 1.54) is 66.5 Å². The summed E-state index contributed by atoms with van der Waals surface area (Å²) in [6.45, 7) is 17.1. The van der Waals surface area contributed by atoms with E-state index in [2.05, 4.69) is 142 Å². The number of allylic oxidation sites excluding steroid dienone is 9. The molecular weight excluding hydrogens is 755 g/mol. The molecule has 2 aliphatic heterocycles. The van der Waals surface area contributed by atoms with E-state index in [4.69, 9.17) is 4.74 Å². The van der Waals surface area contributed by atoms with Gasteiger partial charge in [0.15, 0.2) is 0 Å². The normalized spacial score (nSPS) is 20.3. The number of carbonyl (C=O) groups is 1. The molecule has 0 radical (unpaired) electrons. The van der Waals surface area contributed by atoms with E-state index in [9.17, 15) is 17.8 Å². The predicted octanol–water partition coefficient (Wildman–Crippen LogP) is 10.7. The number of rotatable bonds is 10. The number of nitrogens with zero attached hydrogens (tertiary/aromatic N) is 3. The predicted molar refractivity (Wildman–Crippen MR) is 241 cm³/mol. The van der Waals surface area contributed by atoms with Crippen LogP contribution in [0, 0.1) is 0 Å². The van der Waals surface area contributed by atoms with Crippen LogP contribution in [0.2, 0.25) is 0 Å². The summed E-state index contributed by atoms with van der Waals surface area (Å²) in [5, 5.41) is 4.94. The number of carbonyl (C=O) groups excluding carboxylic acids is 1. The van der Waals surface area contributed by atoms with Gasteiger partial charge in [-0.25, -0.2) is 4.79 Å². The maximum absolute atomic E-state index is 12.7. The Kier molecular flexibility index (Phi) is 10.9. The molecule has 4 aliphatic rings. The number of fused-ring (bicyclic) bond motifs is 6. The van der Waals surface area contributed by atoms with Crippen LogP contribution >= 0.6 is 0 Å². The lowest BCUT2D eigenvalue weighted by atomic mass is 9.78. The summed E-state index contributed by atoms with van der Waals surface area (Å²) in [6, 6.07) is 26.0. The highest BCUT2D eigenvalue weighted by Crippen LogP contribution is 2.53. The van der Waals surface area contributed by atoms with Gasteiger partial charge in [-0.15, -0.1) is 0 Å². The molecule has 308 valence electrons. The van der Waals surface area contributed by atoms with E-state index in [0.29, 0.717) is 45.6 Å². The SMILES string of the molecule is CCOC(=O)N1CCN(C2=C(/C=C/C3=C(CCCS(=O)(=O)O)c4ccc5ccccc5c4C3(C)C)CCC2=C/C=C2\N(CC)c3ccc4ccccc4c3C2(C)C)CC1. The molecule has 2 aliphatic carbocycles. The highest BCUT2D eigenvalue weighted by molar-refractivity contribution is 7.85. The molecule has 1 saturated heterocycles. The highest BCUT2D eigenvalue weighted by atomic mass is 32.2. The van der Waals surface area contributed by atoms with Crippen LogP contribution in [0.4, 0.5) is 10.5 Å².